The second kappa shape index (κ2) is 6.13. The Morgan fingerprint density at radius 3 is 2.71 bits per heavy atom. The van der Waals surface area contributed by atoms with Gasteiger partial charge < -0.3 is 16.2 Å². The van der Waals surface area contributed by atoms with E-state index in [4.69, 9.17) is 5.73 Å². The van der Waals surface area contributed by atoms with Gasteiger partial charge in [-0.2, -0.15) is 0 Å². The molecule has 3 unspecified atom stereocenters. The maximum absolute atomic E-state index is 12.1. The molecule has 2 fully saturated rings. The van der Waals surface area contributed by atoms with Gasteiger partial charge in [-0.3, -0.25) is 9.69 Å². The van der Waals surface area contributed by atoms with Gasteiger partial charge in [0.25, 0.3) is 0 Å². The van der Waals surface area contributed by atoms with E-state index in [1.807, 2.05) is 24.3 Å². The third-order valence-corrected chi connectivity index (χ3v) is 4.74. The van der Waals surface area contributed by atoms with Crippen LogP contribution in [-0.2, 0) is 11.3 Å². The van der Waals surface area contributed by atoms with E-state index < -0.39 is 0 Å². The standard InChI is InChI=1S/C16H23N3O2/c17-7-11-1-4-13(5-2-11)18-16(21)10-19-8-12-3-6-15(20)14(12)9-19/h1-2,4-5,12,14-15,20H,3,6-10,17H2,(H,18,21). The molecule has 1 amide bonds. The number of likely N-dealkylation sites (tertiary alicyclic amines) is 1. The molecule has 5 heteroatoms. The lowest BCUT2D eigenvalue weighted by atomic mass is 10.00. The van der Waals surface area contributed by atoms with Crippen molar-refractivity contribution in [1.29, 1.82) is 0 Å². The average Bonchev–Trinajstić information content (AvgIpc) is 3.02. The lowest BCUT2D eigenvalue weighted by Gasteiger charge is -2.17. The summed E-state index contributed by atoms with van der Waals surface area (Å²) in [4.78, 5) is 14.2. The molecule has 114 valence electrons. The van der Waals surface area contributed by atoms with Crippen molar-refractivity contribution in [3.05, 3.63) is 29.8 Å². The fourth-order valence-electron chi connectivity index (χ4n) is 3.59. The number of anilines is 1. The van der Waals surface area contributed by atoms with Crippen LogP contribution in [0.1, 0.15) is 18.4 Å². The quantitative estimate of drug-likeness (QED) is 0.765. The van der Waals surface area contributed by atoms with Crippen LogP contribution in [-0.4, -0.2) is 41.7 Å². The van der Waals surface area contributed by atoms with Crippen molar-refractivity contribution >= 4 is 11.6 Å². The summed E-state index contributed by atoms with van der Waals surface area (Å²) in [7, 11) is 0. The number of aliphatic hydroxyl groups is 1. The predicted molar refractivity (Wildman–Crippen MR) is 81.6 cm³/mol. The minimum atomic E-state index is -0.174. The van der Waals surface area contributed by atoms with E-state index in [1.165, 1.54) is 0 Å². The van der Waals surface area contributed by atoms with Gasteiger partial charge in [0.15, 0.2) is 0 Å². The van der Waals surface area contributed by atoms with E-state index in [2.05, 4.69) is 10.2 Å². The molecule has 0 radical (unpaired) electrons. The zero-order chi connectivity index (χ0) is 14.8. The number of amides is 1. The van der Waals surface area contributed by atoms with Crippen molar-refractivity contribution < 1.29 is 9.90 Å². The molecule has 1 saturated heterocycles. The molecule has 5 nitrogen and oxygen atoms in total. The Morgan fingerprint density at radius 1 is 1.29 bits per heavy atom. The zero-order valence-electron chi connectivity index (χ0n) is 12.2. The number of hydrogen-bond donors (Lipinski definition) is 3. The molecule has 2 aliphatic rings. The SMILES string of the molecule is NCc1ccc(NC(=O)CN2CC3CCC(O)C3C2)cc1. The lowest BCUT2D eigenvalue weighted by molar-refractivity contribution is -0.117. The van der Waals surface area contributed by atoms with Gasteiger partial charge in [-0.15, -0.1) is 0 Å². The molecule has 0 spiro atoms. The summed E-state index contributed by atoms with van der Waals surface area (Å²) in [5, 5.41) is 12.8. The number of nitrogens with one attached hydrogen (secondary N) is 1. The monoisotopic (exact) mass is 289 g/mol. The fraction of sp³-hybridized carbons (Fsp3) is 0.562. The first-order valence-electron chi connectivity index (χ1n) is 7.65. The van der Waals surface area contributed by atoms with Crippen LogP contribution in [0.5, 0.6) is 0 Å². The third-order valence-electron chi connectivity index (χ3n) is 4.74. The van der Waals surface area contributed by atoms with E-state index in [9.17, 15) is 9.90 Å². The summed E-state index contributed by atoms with van der Waals surface area (Å²) in [6.45, 7) is 2.68. The van der Waals surface area contributed by atoms with Gasteiger partial charge in [0.2, 0.25) is 5.91 Å². The number of nitrogens with zero attached hydrogens (tertiary/aromatic N) is 1. The smallest absolute Gasteiger partial charge is 0.238 e. The van der Waals surface area contributed by atoms with Crippen molar-refractivity contribution in [2.45, 2.75) is 25.5 Å². The van der Waals surface area contributed by atoms with Crippen LogP contribution >= 0.6 is 0 Å². The number of hydrogen-bond acceptors (Lipinski definition) is 4. The zero-order valence-corrected chi connectivity index (χ0v) is 12.2. The van der Waals surface area contributed by atoms with E-state index in [-0.39, 0.29) is 12.0 Å². The minimum Gasteiger partial charge on any atom is -0.393 e. The Kier molecular flexibility index (Phi) is 4.24. The number of rotatable bonds is 4. The molecule has 1 saturated carbocycles. The molecule has 0 bridgehead atoms. The number of carbonyl (C=O) groups is 1. The minimum absolute atomic E-state index is 0.00459. The van der Waals surface area contributed by atoms with E-state index in [1.54, 1.807) is 0 Å². The summed E-state index contributed by atoms with van der Waals surface area (Å²) >= 11 is 0. The number of benzene rings is 1. The van der Waals surface area contributed by atoms with Gasteiger partial charge in [-0.05, 0) is 36.5 Å². The first-order chi connectivity index (χ1) is 10.2. The van der Waals surface area contributed by atoms with Crippen LogP contribution in [0.25, 0.3) is 0 Å². The van der Waals surface area contributed by atoms with E-state index in [0.29, 0.717) is 24.9 Å². The molecule has 1 aromatic carbocycles. The summed E-state index contributed by atoms with van der Waals surface area (Å²) in [5.74, 6) is 0.934. The van der Waals surface area contributed by atoms with Crippen LogP contribution in [0.4, 0.5) is 5.69 Å². The molecular formula is C16H23N3O2. The Hall–Kier alpha value is -1.43. The summed E-state index contributed by atoms with van der Waals surface area (Å²) in [6, 6.07) is 7.60. The second-order valence-electron chi connectivity index (χ2n) is 6.21. The first-order valence-corrected chi connectivity index (χ1v) is 7.65. The number of aliphatic hydroxyl groups excluding tert-OH is 1. The van der Waals surface area contributed by atoms with E-state index >= 15 is 0 Å². The lowest BCUT2D eigenvalue weighted by Crippen LogP contribution is -2.33. The van der Waals surface area contributed by atoms with Gasteiger partial charge >= 0.3 is 0 Å². The third kappa shape index (κ3) is 3.26. The summed E-state index contributed by atoms with van der Waals surface area (Å²) < 4.78 is 0. The maximum Gasteiger partial charge on any atom is 0.238 e. The molecule has 3 atom stereocenters. The Morgan fingerprint density at radius 2 is 2.05 bits per heavy atom. The molecule has 4 N–H and O–H groups in total. The maximum atomic E-state index is 12.1. The second-order valence-corrected chi connectivity index (χ2v) is 6.21. The highest BCUT2D eigenvalue weighted by Gasteiger charge is 2.41. The van der Waals surface area contributed by atoms with Crippen molar-refractivity contribution in [1.82, 2.24) is 4.90 Å². The Labute approximate surface area is 125 Å². The molecule has 0 aromatic heterocycles. The largest absolute Gasteiger partial charge is 0.393 e. The molecule has 1 aliphatic carbocycles. The van der Waals surface area contributed by atoms with Crippen molar-refractivity contribution in [3.63, 3.8) is 0 Å². The topological polar surface area (TPSA) is 78.6 Å². The number of nitrogens with two attached hydrogens (primary N) is 1. The van der Waals surface area contributed by atoms with Gasteiger partial charge in [0.05, 0.1) is 12.6 Å². The van der Waals surface area contributed by atoms with Crippen molar-refractivity contribution in [2.75, 3.05) is 25.0 Å². The van der Waals surface area contributed by atoms with Crippen molar-refractivity contribution in [2.24, 2.45) is 17.6 Å². The predicted octanol–water partition coefficient (Wildman–Crippen LogP) is 0.786. The van der Waals surface area contributed by atoms with Crippen LogP contribution in [0.15, 0.2) is 24.3 Å². The number of fused-ring (bicyclic) bond motifs is 1. The Bertz CT molecular complexity index is 503. The first kappa shape index (κ1) is 14.5. The molecule has 1 heterocycles. The van der Waals surface area contributed by atoms with Gasteiger partial charge in [-0.1, -0.05) is 12.1 Å². The van der Waals surface area contributed by atoms with Crippen LogP contribution in [0, 0.1) is 11.8 Å². The molecule has 21 heavy (non-hydrogen) atoms. The molecule has 3 rings (SSSR count). The molecule has 1 aromatic rings. The normalized spacial score (nSPS) is 28.6. The molecule has 1 aliphatic heterocycles. The van der Waals surface area contributed by atoms with E-state index in [0.717, 1.165) is 37.2 Å². The van der Waals surface area contributed by atoms with Gasteiger partial charge in [0, 0.05) is 31.2 Å². The van der Waals surface area contributed by atoms with Gasteiger partial charge in [-0.25, -0.2) is 0 Å². The number of carbonyl (C=O) groups excluding carboxylic acids is 1. The highest BCUT2D eigenvalue weighted by molar-refractivity contribution is 5.92. The highest BCUT2D eigenvalue weighted by Crippen LogP contribution is 2.37. The van der Waals surface area contributed by atoms with Crippen LogP contribution < -0.4 is 11.1 Å². The Balaban J connectivity index is 1.50. The fourth-order valence-corrected chi connectivity index (χ4v) is 3.59. The van der Waals surface area contributed by atoms with Crippen molar-refractivity contribution in [3.8, 4) is 0 Å². The summed E-state index contributed by atoms with van der Waals surface area (Å²) in [6.07, 6.45) is 1.83. The van der Waals surface area contributed by atoms with Gasteiger partial charge in [0.1, 0.15) is 0 Å². The molecular weight excluding hydrogens is 266 g/mol. The van der Waals surface area contributed by atoms with Crippen LogP contribution in [0.2, 0.25) is 0 Å². The van der Waals surface area contributed by atoms with Crippen LogP contribution in [0.3, 0.4) is 0 Å². The summed E-state index contributed by atoms with van der Waals surface area (Å²) in [5.41, 5.74) is 7.40. The highest BCUT2D eigenvalue weighted by atomic mass is 16.3. The average molecular weight is 289 g/mol.